The molecule has 0 unspecified atom stereocenters. The van der Waals surface area contributed by atoms with Gasteiger partial charge in [-0.05, 0) is 6.92 Å². The van der Waals surface area contributed by atoms with Crippen LogP contribution in [0.2, 0.25) is 0 Å². The minimum Gasteiger partial charge on any atom is -0.477 e. The number of oxazole rings is 1. The topological polar surface area (TPSA) is 110 Å². The van der Waals surface area contributed by atoms with Crippen LogP contribution in [-0.2, 0) is 0 Å². The number of nitriles is 1. The lowest BCUT2D eigenvalue weighted by Gasteiger charge is -2.09. The highest BCUT2D eigenvalue weighted by Crippen LogP contribution is 2.26. The molecule has 2 rings (SSSR count). The second-order valence-electron chi connectivity index (χ2n) is 3.28. The van der Waals surface area contributed by atoms with E-state index >= 15 is 0 Å². The number of hydrogen-bond donors (Lipinski definition) is 2. The van der Waals surface area contributed by atoms with Gasteiger partial charge in [0.15, 0.2) is 0 Å². The minimum atomic E-state index is 0.189. The van der Waals surface area contributed by atoms with Crippen LogP contribution in [0.4, 0.5) is 17.5 Å². The first-order valence-electron chi connectivity index (χ1n) is 5.24. The van der Waals surface area contributed by atoms with Crippen LogP contribution in [0, 0.1) is 11.3 Å². The molecule has 0 radical (unpaired) electrons. The highest BCUT2D eigenvalue weighted by molar-refractivity contribution is 5.65. The monoisotopic (exact) mass is 245 g/mol. The summed E-state index contributed by atoms with van der Waals surface area (Å²) in [5.41, 5.74) is 6.26. The first kappa shape index (κ1) is 11.7. The van der Waals surface area contributed by atoms with Crippen molar-refractivity contribution in [1.29, 1.82) is 5.26 Å². The number of rotatable bonds is 4. The molecule has 0 spiro atoms. The molecule has 7 heteroatoms. The summed E-state index contributed by atoms with van der Waals surface area (Å²) in [6.45, 7) is 2.19. The van der Waals surface area contributed by atoms with Crippen LogP contribution in [0.1, 0.15) is 12.5 Å². The average Bonchev–Trinajstić information content (AvgIpc) is 2.82. The Bertz CT molecular complexity index is 574. The van der Waals surface area contributed by atoms with E-state index in [4.69, 9.17) is 20.1 Å². The van der Waals surface area contributed by atoms with Crippen molar-refractivity contribution in [3.05, 3.63) is 24.1 Å². The molecule has 3 N–H and O–H groups in total. The molecule has 7 nitrogen and oxygen atoms in total. The van der Waals surface area contributed by atoms with Gasteiger partial charge >= 0.3 is 0 Å². The molecule has 0 aromatic carbocycles. The predicted octanol–water partition coefficient (Wildman–Crippen LogP) is 1.67. The molecule has 0 aliphatic carbocycles. The van der Waals surface area contributed by atoms with Gasteiger partial charge < -0.3 is 14.9 Å². The second-order valence-corrected chi connectivity index (χ2v) is 3.28. The van der Waals surface area contributed by atoms with Crippen LogP contribution >= 0.6 is 0 Å². The van der Waals surface area contributed by atoms with Gasteiger partial charge in [-0.1, -0.05) is 0 Å². The van der Waals surface area contributed by atoms with Crippen LogP contribution in [0.15, 0.2) is 22.9 Å². The summed E-state index contributed by atoms with van der Waals surface area (Å²) in [7, 11) is 0. The van der Waals surface area contributed by atoms with E-state index in [-0.39, 0.29) is 23.1 Å². The van der Waals surface area contributed by atoms with Gasteiger partial charge in [0.05, 0.1) is 18.5 Å². The molecule has 0 bridgehead atoms. The lowest BCUT2D eigenvalue weighted by molar-refractivity contribution is 0.326. The van der Waals surface area contributed by atoms with Crippen molar-refractivity contribution in [2.45, 2.75) is 6.92 Å². The van der Waals surface area contributed by atoms with Crippen LogP contribution in [-0.4, -0.2) is 16.6 Å². The number of ether oxygens (including phenoxy) is 1. The van der Waals surface area contributed by atoms with Crippen molar-refractivity contribution < 1.29 is 9.15 Å². The Balaban J connectivity index is 2.35. The Kier molecular flexibility index (Phi) is 3.29. The number of anilines is 3. The Morgan fingerprint density at radius 1 is 1.61 bits per heavy atom. The first-order chi connectivity index (χ1) is 8.74. The van der Waals surface area contributed by atoms with E-state index in [2.05, 4.69) is 15.3 Å². The highest BCUT2D eigenvalue weighted by Gasteiger charge is 2.12. The largest absolute Gasteiger partial charge is 0.477 e. The fraction of sp³-hybridized carbons (Fsp3) is 0.182. The average molecular weight is 245 g/mol. The summed E-state index contributed by atoms with van der Waals surface area (Å²) in [6.07, 6.45) is 2.93. The van der Waals surface area contributed by atoms with Gasteiger partial charge in [0.25, 0.3) is 6.01 Å². The molecule has 2 aromatic rings. The van der Waals surface area contributed by atoms with Crippen molar-refractivity contribution >= 4 is 17.5 Å². The van der Waals surface area contributed by atoms with Crippen molar-refractivity contribution in [2.24, 2.45) is 0 Å². The number of nitrogens with two attached hydrogens (primary N) is 1. The van der Waals surface area contributed by atoms with Gasteiger partial charge in [0, 0.05) is 6.07 Å². The Morgan fingerprint density at radius 3 is 3.06 bits per heavy atom. The molecular formula is C11H11N5O2. The Hall–Kier alpha value is -2.75. The molecule has 0 aliphatic rings. The first-order valence-corrected chi connectivity index (χ1v) is 5.24. The van der Waals surface area contributed by atoms with Crippen LogP contribution in [0.3, 0.4) is 0 Å². The normalized spacial score (nSPS) is 9.78. The molecular weight excluding hydrogens is 234 g/mol. The van der Waals surface area contributed by atoms with E-state index in [1.807, 2.05) is 6.07 Å². The summed E-state index contributed by atoms with van der Waals surface area (Å²) < 4.78 is 10.3. The Labute approximate surface area is 103 Å². The van der Waals surface area contributed by atoms with Crippen LogP contribution < -0.4 is 15.8 Å². The number of nitrogens with zero attached hydrogens (tertiary/aromatic N) is 3. The quantitative estimate of drug-likeness (QED) is 0.842. The number of nitrogens with one attached hydrogen (secondary N) is 1. The fourth-order valence-electron chi connectivity index (χ4n) is 1.35. The zero-order chi connectivity index (χ0) is 13.0. The van der Waals surface area contributed by atoms with Gasteiger partial charge in [-0.25, -0.2) is 4.98 Å². The summed E-state index contributed by atoms with van der Waals surface area (Å²) in [4.78, 5) is 8.03. The number of aromatic nitrogens is 2. The molecule has 0 amide bonds. The third-order valence-electron chi connectivity index (χ3n) is 2.08. The molecule has 0 atom stereocenters. The van der Waals surface area contributed by atoms with Crippen molar-refractivity contribution in [3.63, 3.8) is 0 Å². The van der Waals surface area contributed by atoms with Gasteiger partial charge in [-0.2, -0.15) is 10.2 Å². The summed E-state index contributed by atoms with van der Waals surface area (Å²) in [6, 6.07) is 3.76. The minimum absolute atomic E-state index is 0.189. The number of hydrogen-bond acceptors (Lipinski definition) is 7. The zero-order valence-corrected chi connectivity index (χ0v) is 9.67. The van der Waals surface area contributed by atoms with E-state index < -0.39 is 0 Å². The molecule has 0 saturated carbocycles. The number of pyridine rings is 1. The summed E-state index contributed by atoms with van der Waals surface area (Å²) in [5.74, 6) is 0.589. The summed E-state index contributed by atoms with van der Waals surface area (Å²) in [5, 5.41) is 11.8. The maximum absolute atomic E-state index is 8.97. The van der Waals surface area contributed by atoms with Crippen molar-refractivity contribution in [2.75, 3.05) is 17.7 Å². The SMILES string of the molecule is CCOc1nc(Nc2ncco2)cc(N)c1C#N. The maximum Gasteiger partial charge on any atom is 0.300 e. The van der Waals surface area contributed by atoms with Gasteiger partial charge in [-0.3, -0.25) is 5.32 Å². The Morgan fingerprint density at radius 2 is 2.44 bits per heavy atom. The molecule has 92 valence electrons. The van der Waals surface area contributed by atoms with Gasteiger partial charge in [-0.15, -0.1) is 0 Å². The molecule has 2 heterocycles. The predicted molar refractivity (Wildman–Crippen MR) is 64.3 cm³/mol. The summed E-state index contributed by atoms with van der Waals surface area (Å²) >= 11 is 0. The highest BCUT2D eigenvalue weighted by atomic mass is 16.5. The molecule has 18 heavy (non-hydrogen) atoms. The van der Waals surface area contributed by atoms with Gasteiger partial charge in [0.2, 0.25) is 5.88 Å². The maximum atomic E-state index is 8.97. The van der Waals surface area contributed by atoms with Crippen molar-refractivity contribution in [1.82, 2.24) is 9.97 Å². The molecule has 2 aromatic heterocycles. The van der Waals surface area contributed by atoms with Crippen LogP contribution in [0.5, 0.6) is 5.88 Å². The standard InChI is InChI=1S/C11H11N5O2/c1-2-17-10-7(6-12)8(13)5-9(15-10)16-11-14-3-4-18-11/h3-5H,2H2,1H3,(H3,13,14,15,16). The van der Waals surface area contributed by atoms with E-state index in [1.165, 1.54) is 18.5 Å². The fourth-order valence-corrected chi connectivity index (χ4v) is 1.35. The number of nitrogen functional groups attached to an aromatic ring is 1. The smallest absolute Gasteiger partial charge is 0.300 e. The van der Waals surface area contributed by atoms with E-state index in [9.17, 15) is 0 Å². The molecule has 0 saturated heterocycles. The van der Waals surface area contributed by atoms with Crippen molar-refractivity contribution in [3.8, 4) is 11.9 Å². The third kappa shape index (κ3) is 2.32. The van der Waals surface area contributed by atoms with E-state index in [0.29, 0.717) is 12.4 Å². The van der Waals surface area contributed by atoms with Crippen LogP contribution in [0.25, 0.3) is 0 Å². The lowest BCUT2D eigenvalue weighted by Crippen LogP contribution is -2.04. The van der Waals surface area contributed by atoms with E-state index in [0.717, 1.165) is 0 Å². The van der Waals surface area contributed by atoms with Gasteiger partial charge in [0.1, 0.15) is 23.7 Å². The van der Waals surface area contributed by atoms with E-state index in [1.54, 1.807) is 6.92 Å². The molecule has 0 aliphatic heterocycles. The molecule has 0 fully saturated rings. The second kappa shape index (κ2) is 5.05. The lowest BCUT2D eigenvalue weighted by atomic mass is 10.2. The third-order valence-corrected chi connectivity index (χ3v) is 2.08. The zero-order valence-electron chi connectivity index (χ0n) is 9.67.